The topological polar surface area (TPSA) is 64.6 Å². The lowest BCUT2D eigenvalue weighted by Gasteiger charge is -2.34. The lowest BCUT2D eigenvalue weighted by atomic mass is 10.1. The molecule has 35 heavy (non-hydrogen) atoms. The van der Waals surface area contributed by atoms with E-state index in [9.17, 15) is 4.79 Å². The Labute approximate surface area is 209 Å². The van der Waals surface area contributed by atoms with Gasteiger partial charge in [-0.2, -0.15) is 0 Å². The molecular weight excluding hydrogens is 458 g/mol. The van der Waals surface area contributed by atoms with Gasteiger partial charge < -0.3 is 14.4 Å². The largest absolute Gasteiger partial charge is 0.494 e. The number of fused-ring (bicyclic) bond motifs is 1. The molecule has 3 heterocycles. The molecule has 0 fully saturated rings. The summed E-state index contributed by atoms with van der Waals surface area (Å²) < 4.78 is 11.8. The second-order valence-electron chi connectivity index (χ2n) is 8.31. The lowest BCUT2D eigenvalue weighted by Crippen LogP contribution is -2.46. The average Bonchev–Trinajstić information content (AvgIpc) is 3.41. The molecule has 4 aromatic rings. The summed E-state index contributed by atoms with van der Waals surface area (Å²) in [5.41, 5.74) is 3.46. The quantitative estimate of drug-likeness (QED) is 0.263. The highest BCUT2D eigenvalue weighted by Gasteiger charge is 2.33. The van der Waals surface area contributed by atoms with Crippen molar-refractivity contribution in [3.8, 4) is 33.5 Å². The number of para-hydroxylation sites is 1. The minimum atomic E-state index is -0.455. The van der Waals surface area contributed by atoms with Crippen molar-refractivity contribution in [2.45, 2.75) is 32.3 Å². The number of thiazole rings is 1. The Bertz CT molecular complexity index is 1280. The van der Waals surface area contributed by atoms with Gasteiger partial charge in [0.05, 0.1) is 23.7 Å². The Kier molecular flexibility index (Phi) is 7.04. The Balaban J connectivity index is 1.32. The van der Waals surface area contributed by atoms with Crippen molar-refractivity contribution < 1.29 is 14.3 Å². The van der Waals surface area contributed by atoms with E-state index in [2.05, 4.69) is 4.98 Å². The average molecular weight is 486 g/mol. The predicted molar refractivity (Wildman–Crippen MR) is 139 cm³/mol. The highest BCUT2D eigenvalue weighted by Crippen LogP contribution is 2.39. The molecule has 0 bridgehead atoms. The molecule has 0 aliphatic carbocycles. The van der Waals surface area contributed by atoms with Gasteiger partial charge in [0.25, 0.3) is 5.91 Å². The number of hydrogen-bond acceptors (Lipinski definition) is 6. The number of aromatic nitrogens is 2. The Hall–Kier alpha value is -3.71. The van der Waals surface area contributed by atoms with Gasteiger partial charge in [-0.25, -0.2) is 4.98 Å². The standard InChI is InChI=1S/C28H27N3O3S/c1-2-25-28(32)31(16-8-9-17-33-21-10-4-3-5-11-21)24-18-20(13-14-26(24)34-25)23-19-35-27(30-23)22-12-6-7-15-29-22/h3-7,10-15,18-19,25H,2,8-9,16-17H2,1H3. The van der Waals surface area contributed by atoms with E-state index in [1.165, 1.54) is 0 Å². The smallest absolute Gasteiger partial charge is 0.268 e. The van der Waals surface area contributed by atoms with Crippen LogP contribution in [0.1, 0.15) is 26.2 Å². The van der Waals surface area contributed by atoms with Gasteiger partial charge in [0.15, 0.2) is 6.10 Å². The fourth-order valence-corrected chi connectivity index (χ4v) is 4.87. The van der Waals surface area contributed by atoms with Gasteiger partial charge in [-0.1, -0.05) is 31.2 Å². The molecule has 1 atom stereocenters. The second kappa shape index (κ2) is 10.7. The Morgan fingerprint density at radius 1 is 1.03 bits per heavy atom. The highest BCUT2D eigenvalue weighted by atomic mass is 32.1. The van der Waals surface area contributed by atoms with Gasteiger partial charge in [0.2, 0.25) is 0 Å². The molecule has 0 saturated heterocycles. The van der Waals surface area contributed by atoms with Crippen LogP contribution in [0.5, 0.6) is 11.5 Å². The van der Waals surface area contributed by atoms with Crippen LogP contribution in [-0.4, -0.2) is 35.1 Å². The van der Waals surface area contributed by atoms with Crippen LogP contribution in [0.25, 0.3) is 22.0 Å². The number of pyridine rings is 1. The molecule has 6 nitrogen and oxygen atoms in total. The van der Waals surface area contributed by atoms with Crippen LogP contribution in [0, 0.1) is 0 Å². The number of nitrogens with zero attached hydrogens (tertiary/aromatic N) is 3. The summed E-state index contributed by atoms with van der Waals surface area (Å²) >= 11 is 1.56. The Morgan fingerprint density at radius 3 is 2.69 bits per heavy atom. The van der Waals surface area contributed by atoms with Crippen molar-refractivity contribution in [2.24, 2.45) is 0 Å². The normalized spacial score (nSPS) is 14.9. The van der Waals surface area contributed by atoms with Crippen LogP contribution in [-0.2, 0) is 4.79 Å². The molecule has 1 aliphatic rings. The maximum absolute atomic E-state index is 13.2. The Morgan fingerprint density at radius 2 is 1.89 bits per heavy atom. The van der Waals surface area contributed by atoms with E-state index in [1.54, 1.807) is 17.5 Å². The zero-order valence-electron chi connectivity index (χ0n) is 19.6. The summed E-state index contributed by atoms with van der Waals surface area (Å²) in [6.07, 6.45) is 3.63. The number of unbranched alkanes of at least 4 members (excludes halogenated alkanes) is 1. The molecule has 0 spiro atoms. The van der Waals surface area contributed by atoms with Gasteiger partial charge in [0.1, 0.15) is 16.5 Å². The molecule has 1 amide bonds. The number of carbonyl (C=O) groups is 1. The monoisotopic (exact) mass is 485 g/mol. The third-order valence-corrected chi connectivity index (χ3v) is 6.77. The van der Waals surface area contributed by atoms with E-state index in [1.807, 2.05) is 83.9 Å². The van der Waals surface area contributed by atoms with E-state index in [4.69, 9.17) is 14.5 Å². The minimum Gasteiger partial charge on any atom is -0.494 e. The first-order valence-electron chi connectivity index (χ1n) is 11.9. The molecule has 0 N–H and O–H groups in total. The number of anilines is 1. The van der Waals surface area contributed by atoms with E-state index in [-0.39, 0.29) is 5.91 Å². The third-order valence-electron chi connectivity index (χ3n) is 5.90. The van der Waals surface area contributed by atoms with Crippen molar-refractivity contribution >= 4 is 22.9 Å². The fourth-order valence-electron chi connectivity index (χ4n) is 4.06. The number of carbonyl (C=O) groups excluding carboxylic acids is 1. The van der Waals surface area contributed by atoms with Crippen LogP contribution in [0.3, 0.4) is 0 Å². The van der Waals surface area contributed by atoms with Crippen molar-refractivity contribution in [1.29, 1.82) is 0 Å². The molecule has 0 saturated carbocycles. The summed E-state index contributed by atoms with van der Waals surface area (Å²) in [6.45, 7) is 3.20. The fraction of sp³-hybridized carbons (Fsp3) is 0.250. The molecule has 2 aromatic carbocycles. The molecule has 7 heteroatoms. The van der Waals surface area contributed by atoms with Crippen molar-refractivity contribution in [3.05, 3.63) is 78.3 Å². The van der Waals surface area contributed by atoms with Crippen molar-refractivity contribution in [1.82, 2.24) is 9.97 Å². The number of rotatable bonds is 9. The van der Waals surface area contributed by atoms with Crippen LogP contribution in [0.15, 0.2) is 78.3 Å². The van der Waals surface area contributed by atoms with E-state index < -0.39 is 6.10 Å². The molecule has 1 aliphatic heterocycles. The van der Waals surface area contributed by atoms with Gasteiger partial charge >= 0.3 is 0 Å². The zero-order chi connectivity index (χ0) is 24.0. The third kappa shape index (κ3) is 5.20. The lowest BCUT2D eigenvalue weighted by molar-refractivity contribution is -0.126. The molecule has 1 unspecified atom stereocenters. The maximum Gasteiger partial charge on any atom is 0.268 e. The van der Waals surface area contributed by atoms with Gasteiger partial charge in [-0.05, 0) is 61.7 Å². The van der Waals surface area contributed by atoms with E-state index in [0.29, 0.717) is 19.6 Å². The highest BCUT2D eigenvalue weighted by molar-refractivity contribution is 7.13. The molecule has 2 aromatic heterocycles. The van der Waals surface area contributed by atoms with Crippen LogP contribution < -0.4 is 14.4 Å². The number of amides is 1. The molecule has 178 valence electrons. The van der Waals surface area contributed by atoms with Crippen molar-refractivity contribution in [2.75, 3.05) is 18.1 Å². The van der Waals surface area contributed by atoms with Crippen molar-refractivity contribution in [3.63, 3.8) is 0 Å². The molecular formula is C28H27N3O3S. The SMILES string of the molecule is CCC1Oc2ccc(-c3csc(-c4ccccn4)n3)cc2N(CCCCOc2ccccc2)C1=O. The second-order valence-corrected chi connectivity index (χ2v) is 9.17. The summed E-state index contributed by atoms with van der Waals surface area (Å²) in [4.78, 5) is 24.2. The van der Waals surface area contributed by atoms with E-state index >= 15 is 0 Å². The van der Waals surface area contributed by atoms with Crippen LogP contribution in [0.2, 0.25) is 0 Å². The van der Waals surface area contributed by atoms with Crippen LogP contribution >= 0.6 is 11.3 Å². The number of hydrogen-bond donors (Lipinski definition) is 0. The zero-order valence-corrected chi connectivity index (χ0v) is 20.4. The summed E-state index contributed by atoms with van der Waals surface area (Å²) in [5.74, 6) is 1.61. The first-order chi connectivity index (χ1) is 17.2. The predicted octanol–water partition coefficient (Wildman–Crippen LogP) is 6.24. The first-order valence-corrected chi connectivity index (χ1v) is 12.8. The summed E-state index contributed by atoms with van der Waals surface area (Å²) in [7, 11) is 0. The summed E-state index contributed by atoms with van der Waals surface area (Å²) in [6, 6.07) is 21.6. The molecule has 5 rings (SSSR count). The van der Waals surface area contributed by atoms with Crippen LogP contribution in [0.4, 0.5) is 5.69 Å². The number of benzene rings is 2. The first kappa shape index (κ1) is 23.1. The van der Waals surface area contributed by atoms with Gasteiger partial charge in [0, 0.05) is 23.7 Å². The minimum absolute atomic E-state index is 0.00794. The van der Waals surface area contributed by atoms with E-state index in [0.717, 1.165) is 52.0 Å². The maximum atomic E-state index is 13.2. The van der Waals surface area contributed by atoms with Gasteiger partial charge in [-0.15, -0.1) is 11.3 Å². The molecule has 0 radical (unpaired) electrons. The number of ether oxygens (including phenoxy) is 2. The van der Waals surface area contributed by atoms with Gasteiger partial charge in [-0.3, -0.25) is 9.78 Å². The summed E-state index contributed by atoms with van der Waals surface area (Å²) in [5, 5.41) is 2.89.